The highest BCUT2D eigenvalue weighted by atomic mass is 32.3. The molecule has 0 aliphatic heterocycles. The summed E-state index contributed by atoms with van der Waals surface area (Å²) in [6.07, 6.45) is 4.37. The summed E-state index contributed by atoms with van der Waals surface area (Å²) in [6.45, 7) is 10.8. The minimum atomic E-state index is -4.11. The van der Waals surface area contributed by atoms with E-state index in [-0.39, 0.29) is 13.2 Å². The van der Waals surface area contributed by atoms with Gasteiger partial charge >= 0.3 is 22.3 Å². The standard InChI is InChI=1S/C32H48N12O4S/c1-9-43(27-13-15-29(25(3)21-27)35-37-31-39(5)23-33-41(31)7)17-11-19-47-49(45,46)48-20-12-18-44(10-2)28-14-16-30(26(4)22-28)36-38-32-40(6)24-34-42(32)8/h13-16,21-24H,9-12,17-20H2,1-8H3/q+2. The van der Waals surface area contributed by atoms with Gasteiger partial charge < -0.3 is 9.80 Å². The SMILES string of the molecule is CCN(CCCOS(=O)(=O)OCCCN(CC)c1ccc(N=Nc2n(C)nc[n+]2C)c(C)c1)c1ccc(N=Nc2n(C)nc[n+]2C)c(C)c1. The van der Waals surface area contributed by atoms with Crippen molar-refractivity contribution in [3.05, 3.63) is 60.2 Å². The number of hydrogen-bond acceptors (Lipinski definition) is 12. The third-order valence-corrected chi connectivity index (χ3v) is 8.87. The summed E-state index contributed by atoms with van der Waals surface area (Å²) in [7, 11) is 3.25. The van der Waals surface area contributed by atoms with E-state index in [9.17, 15) is 8.42 Å². The number of benzene rings is 2. The van der Waals surface area contributed by atoms with E-state index in [0.717, 1.165) is 47.0 Å². The Morgan fingerprint density at radius 2 is 1.12 bits per heavy atom. The Morgan fingerprint density at radius 3 is 1.45 bits per heavy atom. The van der Waals surface area contributed by atoms with Gasteiger partial charge in [-0.25, -0.2) is 17.5 Å². The lowest BCUT2D eigenvalue weighted by atomic mass is 10.1. The molecule has 4 rings (SSSR count). The van der Waals surface area contributed by atoms with E-state index in [4.69, 9.17) is 8.37 Å². The molecule has 2 aromatic carbocycles. The summed E-state index contributed by atoms with van der Waals surface area (Å²) >= 11 is 0. The molecule has 0 N–H and O–H groups in total. The molecule has 0 spiro atoms. The second kappa shape index (κ2) is 17.2. The number of rotatable bonds is 18. The number of aromatic nitrogens is 6. The van der Waals surface area contributed by atoms with Crippen LogP contribution in [0.5, 0.6) is 0 Å². The Bertz CT molecular complexity index is 1700. The maximum atomic E-state index is 12.4. The Labute approximate surface area is 288 Å². The average molecular weight is 697 g/mol. The van der Waals surface area contributed by atoms with Crippen molar-refractivity contribution in [2.45, 2.75) is 40.5 Å². The molecule has 16 nitrogen and oxygen atoms in total. The average Bonchev–Trinajstić information content (AvgIpc) is 3.57. The van der Waals surface area contributed by atoms with Gasteiger partial charge in [-0.15, -0.1) is 9.36 Å². The van der Waals surface area contributed by atoms with Crippen LogP contribution in [0.15, 0.2) is 69.5 Å². The van der Waals surface area contributed by atoms with E-state index < -0.39 is 10.4 Å². The molecule has 2 aromatic heterocycles. The van der Waals surface area contributed by atoms with Crippen molar-refractivity contribution < 1.29 is 25.9 Å². The van der Waals surface area contributed by atoms with Crippen molar-refractivity contribution in [3.63, 3.8) is 0 Å². The summed E-state index contributed by atoms with van der Waals surface area (Å²) in [6, 6.07) is 11.9. The van der Waals surface area contributed by atoms with Crippen LogP contribution >= 0.6 is 0 Å². The first-order valence-corrected chi connectivity index (χ1v) is 17.6. The van der Waals surface area contributed by atoms with Crippen molar-refractivity contribution >= 4 is 45.0 Å². The third kappa shape index (κ3) is 10.2. The van der Waals surface area contributed by atoms with Gasteiger partial charge in [-0.3, -0.25) is 0 Å². The molecule has 4 aromatic rings. The van der Waals surface area contributed by atoms with E-state index in [1.807, 2.05) is 78.4 Å². The third-order valence-electron chi connectivity index (χ3n) is 7.95. The van der Waals surface area contributed by atoms with Crippen LogP contribution in [0.3, 0.4) is 0 Å². The lowest BCUT2D eigenvalue weighted by Crippen LogP contribution is -2.26. The fourth-order valence-corrected chi connectivity index (χ4v) is 5.86. The highest BCUT2D eigenvalue weighted by Crippen LogP contribution is 2.27. The first-order valence-electron chi connectivity index (χ1n) is 16.3. The molecule has 0 bridgehead atoms. The first-order chi connectivity index (χ1) is 23.4. The molecule has 0 saturated heterocycles. The molecule has 2 heterocycles. The second-order valence-electron chi connectivity index (χ2n) is 11.6. The fourth-order valence-electron chi connectivity index (χ4n) is 5.14. The molecule has 0 radical (unpaired) electrons. The van der Waals surface area contributed by atoms with Gasteiger partial charge in [0.25, 0.3) is 0 Å². The van der Waals surface area contributed by atoms with E-state index >= 15 is 0 Å². The van der Waals surface area contributed by atoms with Gasteiger partial charge in [-0.05, 0) is 98.3 Å². The van der Waals surface area contributed by atoms with E-state index in [2.05, 4.69) is 54.3 Å². The van der Waals surface area contributed by atoms with Crippen molar-refractivity contribution in [2.24, 2.45) is 48.6 Å². The van der Waals surface area contributed by atoms with Crippen LogP contribution in [0.4, 0.5) is 34.6 Å². The Morgan fingerprint density at radius 1 is 0.714 bits per heavy atom. The predicted molar refractivity (Wildman–Crippen MR) is 185 cm³/mol. The van der Waals surface area contributed by atoms with Crippen LogP contribution in [0.25, 0.3) is 0 Å². The number of anilines is 2. The van der Waals surface area contributed by atoms with Gasteiger partial charge in [0, 0.05) is 47.8 Å². The van der Waals surface area contributed by atoms with Crippen LogP contribution < -0.4 is 18.9 Å². The van der Waals surface area contributed by atoms with Gasteiger partial charge in [-0.2, -0.15) is 8.42 Å². The summed E-state index contributed by atoms with van der Waals surface area (Å²) < 4.78 is 42.0. The summed E-state index contributed by atoms with van der Waals surface area (Å²) in [4.78, 5) is 4.31. The van der Waals surface area contributed by atoms with Crippen molar-refractivity contribution in [2.75, 3.05) is 49.2 Å². The summed E-state index contributed by atoms with van der Waals surface area (Å²) in [5.74, 6) is 1.27. The van der Waals surface area contributed by atoms with Crippen molar-refractivity contribution in [3.8, 4) is 0 Å². The lowest BCUT2D eigenvalue weighted by molar-refractivity contribution is -0.659. The zero-order valence-corrected chi connectivity index (χ0v) is 30.5. The second-order valence-corrected chi connectivity index (χ2v) is 12.9. The van der Waals surface area contributed by atoms with Gasteiger partial charge in [-0.1, -0.05) is 10.2 Å². The molecule has 0 aliphatic rings. The lowest BCUT2D eigenvalue weighted by Gasteiger charge is -2.24. The molecule has 17 heteroatoms. The van der Waals surface area contributed by atoms with Gasteiger partial charge in [0.2, 0.25) is 12.7 Å². The van der Waals surface area contributed by atoms with Crippen LogP contribution in [0, 0.1) is 13.8 Å². The van der Waals surface area contributed by atoms with Gasteiger partial charge in [0.05, 0.1) is 41.4 Å². The first kappa shape index (κ1) is 37.2. The highest BCUT2D eigenvalue weighted by molar-refractivity contribution is 7.81. The number of azo groups is 2. The minimum absolute atomic E-state index is 0.0226. The zero-order valence-electron chi connectivity index (χ0n) is 29.7. The van der Waals surface area contributed by atoms with Crippen molar-refractivity contribution in [1.82, 2.24) is 19.6 Å². The summed E-state index contributed by atoms with van der Waals surface area (Å²) in [5, 5.41) is 25.8. The maximum Gasteiger partial charge on any atom is 0.403 e. The van der Waals surface area contributed by atoms with Crippen LogP contribution in [-0.4, -0.2) is 67.4 Å². The Balaban J connectivity index is 1.20. The molecule has 0 amide bonds. The van der Waals surface area contributed by atoms with Crippen LogP contribution in [0.2, 0.25) is 0 Å². The molecule has 49 heavy (non-hydrogen) atoms. The number of nitrogens with zero attached hydrogens (tertiary/aromatic N) is 12. The molecule has 0 fully saturated rings. The largest absolute Gasteiger partial charge is 0.403 e. The molecule has 264 valence electrons. The molecular weight excluding hydrogens is 648 g/mol. The maximum absolute atomic E-state index is 12.4. The number of aryl methyl sites for hydroxylation is 6. The Hall–Kier alpha value is -4.61. The number of hydrogen-bond donors (Lipinski definition) is 0. The fraction of sp³-hybridized carbons (Fsp3) is 0.500. The molecule has 0 aliphatic carbocycles. The van der Waals surface area contributed by atoms with E-state index in [0.29, 0.717) is 37.8 Å². The van der Waals surface area contributed by atoms with Crippen LogP contribution in [0.1, 0.15) is 37.8 Å². The molecule has 0 saturated carbocycles. The van der Waals surface area contributed by atoms with E-state index in [1.165, 1.54) is 0 Å². The minimum Gasteiger partial charge on any atom is -0.372 e. The highest BCUT2D eigenvalue weighted by Gasteiger charge is 2.16. The monoisotopic (exact) mass is 696 g/mol. The predicted octanol–water partition coefficient (Wildman–Crippen LogP) is 4.66. The zero-order chi connectivity index (χ0) is 35.6. The quantitative estimate of drug-likeness (QED) is 0.0828. The van der Waals surface area contributed by atoms with E-state index in [1.54, 1.807) is 31.2 Å². The summed E-state index contributed by atoms with van der Waals surface area (Å²) in [5.41, 5.74) is 5.50. The van der Waals surface area contributed by atoms with Gasteiger partial charge in [0.1, 0.15) is 11.4 Å². The van der Waals surface area contributed by atoms with Crippen molar-refractivity contribution in [1.29, 1.82) is 0 Å². The molecular formula is C32H48N12O4S+2. The van der Waals surface area contributed by atoms with Crippen LogP contribution in [-0.2, 0) is 47.0 Å². The normalized spacial score (nSPS) is 12.1. The van der Waals surface area contributed by atoms with Gasteiger partial charge in [0.15, 0.2) is 0 Å². The molecule has 0 unspecified atom stereocenters. The molecule has 0 atom stereocenters. The Kier molecular flexibility index (Phi) is 13.0. The topological polar surface area (TPSA) is 152 Å². The smallest absolute Gasteiger partial charge is 0.372 e.